The molecule has 0 spiro atoms. The molecular formula is C25H20BrFN4S. The Bertz CT molecular complexity index is 1290. The van der Waals surface area contributed by atoms with Crippen molar-refractivity contribution in [1.29, 1.82) is 0 Å². The fourth-order valence-corrected chi connectivity index (χ4v) is 4.80. The van der Waals surface area contributed by atoms with Gasteiger partial charge < -0.3 is 14.8 Å². The molecular weight excluding hydrogens is 487 g/mol. The van der Waals surface area contributed by atoms with Gasteiger partial charge in [0, 0.05) is 33.9 Å². The van der Waals surface area contributed by atoms with Gasteiger partial charge >= 0.3 is 0 Å². The maximum atomic E-state index is 14.0. The largest absolute Gasteiger partial charge is 0.351 e. The van der Waals surface area contributed by atoms with Crippen LogP contribution in [0.25, 0.3) is 5.69 Å². The van der Waals surface area contributed by atoms with E-state index in [1.54, 1.807) is 12.3 Å². The van der Waals surface area contributed by atoms with Crippen LogP contribution < -0.4 is 10.2 Å². The molecule has 2 aromatic carbocycles. The van der Waals surface area contributed by atoms with Gasteiger partial charge in [-0.2, -0.15) is 0 Å². The van der Waals surface area contributed by atoms with Crippen molar-refractivity contribution in [3.05, 3.63) is 112 Å². The highest BCUT2D eigenvalue weighted by Crippen LogP contribution is 2.42. The van der Waals surface area contributed by atoms with Gasteiger partial charge in [-0.15, -0.1) is 0 Å². The van der Waals surface area contributed by atoms with Gasteiger partial charge in [-0.05, 0) is 85.4 Å². The quantitative estimate of drug-likeness (QED) is 0.331. The summed E-state index contributed by atoms with van der Waals surface area (Å²) in [6.07, 6.45) is 3.74. The van der Waals surface area contributed by atoms with E-state index in [0.29, 0.717) is 5.11 Å². The van der Waals surface area contributed by atoms with E-state index < -0.39 is 0 Å². The van der Waals surface area contributed by atoms with Gasteiger partial charge in [-0.25, -0.2) is 4.39 Å². The molecule has 1 N–H and O–H groups in total. The Balaban J connectivity index is 1.68. The number of anilines is 1. The van der Waals surface area contributed by atoms with Crippen molar-refractivity contribution in [3.8, 4) is 5.69 Å². The number of hydrogen-bond acceptors (Lipinski definition) is 2. The summed E-state index contributed by atoms with van der Waals surface area (Å²) in [5, 5.41) is 4.10. The predicted molar refractivity (Wildman–Crippen MR) is 133 cm³/mol. The molecule has 160 valence electrons. The second kappa shape index (κ2) is 8.48. The highest BCUT2D eigenvalue weighted by atomic mass is 79.9. The first-order chi connectivity index (χ1) is 15.5. The second-order valence-electron chi connectivity index (χ2n) is 7.71. The fourth-order valence-electron chi connectivity index (χ4n) is 4.21. The van der Waals surface area contributed by atoms with Crippen LogP contribution in [0, 0.1) is 12.7 Å². The molecule has 5 rings (SSSR count). The van der Waals surface area contributed by atoms with Crippen molar-refractivity contribution in [1.82, 2.24) is 14.9 Å². The molecule has 0 radical (unpaired) electrons. The molecule has 0 bridgehead atoms. The van der Waals surface area contributed by atoms with E-state index in [1.165, 1.54) is 12.1 Å². The minimum atomic E-state index is -0.274. The summed E-state index contributed by atoms with van der Waals surface area (Å²) < 4.78 is 17.1. The van der Waals surface area contributed by atoms with Gasteiger partial charge in [0.15, 0.2) is 5.11 Å². The lowest BCUT2D eigenvalue weighted by Gasteiger charge is -2.29. The van der Waals surface area contributed by atoms with Crippen molar-refractivity contribution in [2.75, 3.05) is 4.90 Å². The molecule has 3 heterocycles. The second-order valence-corrected chi connectivity index (χ2v) is 8.95. The van der Waals surface area contributed by atoms with E-state index in [1.807, 2.05) is 53.2 Å². The van der Waals surface area contributed by atoms with E-state index >= 15 is 0 Å². The summed E-state index contributed by atoms with van der Waals surface area (Å²) in [5.74, 6) is -0.274. The smallest absolute Gasteiger partial charge is 0.174 e. The topological polar surface area (TPSA) is 33.1 Å². The summed E-state index contributed by atoms with van der Waals surface area (Å²) in [4.78, 5) is 6.73. The third-order valence-electron chi connectivity index (χ3n) is 5.69. The number of aryl methyl sites for hydroxylation is 1. The summed E-state index contributed by atoms with van der Waals surface area (Å²) in [6.45, 7) is 2.06. The fraction of sp³-hybridized carbons (Fsp3) is 0.120. The average molecular weight is 507 g/mol. The van der Waals surface area contributed by atoms with E-state index in [-0.39, 0.29) is 17.9 Å². The zero-order valence-electron chi connectivity index (χ0n) is 17.2. The molecule has 7 heteroatoms. The summed E-state index contributed by atoms with van der Waals surface area (Å²) >= 11 is 9.40. The van der Waals surface area contributed by atoms with Crippen LogP contribution in [0.1, 0.15) is 29.0 Å². The number of halogens is 2. The molecule has 4 nitrogen and oxygen atoms in total. The Hall–Kier alpha value is -3.03. The van der Waals surface area contributed by atoms with Gasteiger partial charge in [0.2, 0.25) is 0 Å². The Kier molecular flexibility index (Phi) is 5.53. The first kappa shape index (κ1) is 20.8. The van der Waals surface area contributed by atoms with Crippen LogP contribution in [0.5, 0.6) is 0 Å². The van der Waals surface area contributed by atoms with E-state index in [2.05, 4.69) is 50.2 Å². The third-order valence-corrected chi connectivity index (χ3v) is 6.89. The summed E-state index contributed by atoms with van der Waals surface area (Å²) in [5.41, 5.74) is 4.74. The van der Waals surface area contributed by atoms with Crippen LogP contribution in [-0.2, 0) is 0 Å². The van der Waals surface area contributed by atoms with E-state index in [9.17, 15) is 4.39 Å². The van der Waals surface area contributed by atoms with Crippen LogP contribution in [-0.4, -0.2) is 14.7 Å². The van der Waals surface area contributed by atoms with Gasteiger partial charge in [0.1, 0.15) is 11.9 Å². The van der Waals surface area contributed by atoms with Crippen LogP contribution in [0.4, 0.5) is 10.1 Å². The number of benzene rings is 2. The predicted octanol–water partition coefficient (Wildman–Crippen LogP) is 6.26. The van der Waals surface area contributed by atoms with Crippen LogP contribution in [0.3, 0.4) is 0 Å². The molecule has 32 heavy (non-hydrogen) atoms. The number of hydrogen-bond donors (Lipinski definition) is 1. The SMILES string of the molecule is Cc1cc(N2C(=S)NC(c3ccccn3)C2c2cccn2-c2cccc(F)c2)ccc1Br. The van der Waals surface area contributed by atoms with Crippen LogP contribution >= 0.6 is 28.1 Å². The lowest BCUT2D eigenvalue weighted by atomic mass is 10.0. The van der Waals surface area contributed by atoms with Crippen molar-refractivity contribution >= 4 is 38.9 Å². The third kappa shape index (κ3) is 3.72. The highest BCUT2D eigenvalue weighted by Gasteiger charge is 2.42. The Morgan fingerprint density at radius 2 is 1.88 bits per heavy atom. The molecule has 1 aliphatic rings. The first-order valence-electron chi connectivity index (χ1n) is 10.2. The highest BCUT2D eigenvalue weighted by molar-refractivity contribution is 9.10. The molecule has 1 saturated heterocycles. The number of pyridine rings is 1. The molecule has 1 aliphatic heterocycles. The molecule has 2 unspecified atom stereocenters. The number of thiocarbonyl (C=S) groups is 1. The number of rotatable bonds is 4. The normalized spacial score (nSPS) is 18.1. The summed E-state index contributed by atoms with van der Waals surface area (Å²) in [7, 11) is 0. The lowest BCUT2D eigenvalue weighted by Crippen LogP contribution is -2.30. The zero-order valence-corrected chi connectivity index (χ0v) is 19.6. The number of aromatic nitrogens is 2. The van der Waals surface area contributed by atoms with Gasteiger partial charge in [-0.1, -0.05) is 28.1 Å². The van der Waals surface area contributed by atoms with Gasteiger partial charge in [-0.3, -0.25) is 4.98 Å². The molecule has 2 aromatic heterocycles. The minimum Gasteiger partial charge on any atom is -0.351 e. The van der Waals surface area contributed by atoms with Gasteiger partial charge in [0.05, 0.1) is 11.7 Å². The Labute approximate surface area is 199 Å². The number of nitrogens with one attached hydrogen (secondary N) is 1. The molecule has 0 saturated carbocycles. The van der Waals surface area contributed by atoms with Crippen molar-refractivity contribution < 1.29 is 4.39 Å². The zero-order chi connectivity index (χ0) is 22.2. The average Bonchev–Trinajstić information content (AvgIpc) is 3.40. The van der Waals surface area contributed by atoms with Crippen LogP contribution in [0.15, 0.2) is 89.7 Å². The lowest BCUT2D eigenvalue weighted by molar-refractivity contribution is 0.548. The Morgan fingerprint density at radius 3 is 2.62 bits per heavy atom. The molecule has 0 amide bonds. The molecule has 0 aliphatic carbocycles. The Morgan fingerprint density at radius 1 is 1.00 bits per heavy atom. The monoisotopic (exact) mass is 506 g/mol. The number of nitrogens with zero attached hydrogens (tertiary/aromatic N) is 3. The molecule has 1 fully saturated rings. The van der Waals surface area contributed by atoms with Crippen molar-refractivity contribution in [2.45, 2.75) is 19.0 Å². The molecule has 2 atom stereocenters. The minimum absolute atomic E-state index is 0.171. The maximum Gasteiger partial charge on any atom is 0.174 e. The molecule has 4 aromatic rings. The van der Waals surface area contributed by atoms with Crippen LogP contribution in [0.2, 0.25) is 0 Å². The standard InChI is InChI=1S/C25H20BrFN4S/c1-16-14-19(10-11-20(16)26)31-24(23(29-25(31)32)21-8-2-3-12-28-21)22-9-5-13-30(22)18-7-4-6-17(27)15-18/h2-15,23-24H,1H3,(H,29,32). The van der Waals surface area contributed by atoms with Gasteiger partial charge in [0.25, 0.3) is 0 Å². The van der Waals surface area contributed by atoms with E-state index in [4.69, 9.17) is 12.2 Å². The van der Waals surface area contributed by atoms with Crippen molar-refractivity contribution in [3.63, 3.8) is 0 Å². The maximum absolute atomic E-state index is 14.0. The summed E-state index contributed by atoms with van der Waals surface area (Å²) in [6, 6.07) is 22.3. The first-order valence-corrected chi connectivity index (χ1v) is 11.4. The van der Waals surface area contributed by atoms with E-state index in [0.717, 1.165) is 32.8 Å². The van der Waals surface area contributed by atoms with Crippen molar-refractivity contribution in [2.24, 2.45) is 0 Å².